The van der Waals surface area contributed by atoms with Crippen molar-refractivity contribution in [1.29, 1.82) is 0 Å². The lowest BCUT2D eigenvalue weighted by Crippen LogP contribution is -2.28. The third-order valence-corrected chi connectivity index (χ3v) is 3.88. The van der Waals surface area contributed by atoms with E-state index in [0.29, 0.717) is 13.0 Å². The van der Waals surface area contributed by atoms with E-state index in [9.17, 15) is 4.79 Å². The zero-order valence-electron chi connectivity index (χ0n) is 11.2. The summed E-state index contributed by atoms with van der Waals surface area (Å²) >= 11 is 0. The molecule has 1 aliphatic rings. The average Bonchev–Trinajstić information content (AvgIpc) is 2.73. The molecule has 0 bridgehead atoms. The second kappa shape index (κ2) is 4.86. The van der Waals surface area contributed by atoms with Crippen molar-refractivity contribution in [1.82, 2.24) is 4.90 Å². The van der Waals surface area contributed by atoms with Crippen molar-refractivity contribution in [2.45, 2.75) is 33.2 Å². The average molecular weight is 241 g/mol. The molecule has 1 aromatic rings. The Kier molecular flexibility index (Phi) is 3.43. The topological polar surface area (TPSA) is 20.3 Å². The fourth-order valence-electron chi connectivity index (χ4n) is 2.42. The molecule has 0 N–H and O–H groups in total. The summed E-state index contributed by atoms with van der Waals surface area (Å²) in [5.74, 6) is 2.93. The van der Waals surface area contributed by atoms with E-state index >= 15 is 0 Å². The number of hydrogen-bond acceptors (Lipinski definition) is 1. The molecule has 2 rings (SSSR count). The summed E-state index contributed by atoms with van der Waals surface area (Å²) in [5, 5.41) is 0. The summed E-state index contributed by atoms with van der Waals surface area (Å²) in [6, 6.07) is 6.48. The number of nitrogens with zero attached hydrogens (tertiary/aromatic N) is 1. The summed E-state index contributed by atoms with van der Waals surface area (Å²) in [4.78, 5) is 13.8. The molecule has 0 radical (unpaired) electrons. The molecule has 1 saturated heterocycles. The number of rotatable bonds is 2. The largest absolute Gasteiger partial charge is 0.335 e. The Morgan fingerprint density at radius 3 is 2.67 bits per heavy atom. The number of carbonyl (C=O) groups excluding carboxylic acids is 1. The van der Waals surface area contributed by atoms with Gasteiger partial charge in [0.25, 0.3) is 0 Å². The van der Waals surface area contributed by atoms with Gasteiger partial charge in [0.1, 0.15) is 0 Å². The summed E-state index contributed by atoms with van der Waals surface area (Å²) in [6.07, 6.45) is 5.90. The van der Waals surface area contributed by atoms with Crippen LogP contribution >= 0.6 is 0 Å². The van der Waals surface area contributed by atoms with Crippen LogP contribution in [-0.2, 0) is 4.79 Å². The fourth-order valence-corrected chi connectivity index (χ4v) is 2.42. The third-order valence-electron chi connectivity index (χ3n) is 3.88. The second-order valence-corrected chi connectivity index (χ2v) is 5.13. The zero-order valence-corrected chi connectivity index (χ0v) is 11.2. The minimum Gasteiger partial charge on any atom is -0.335 e. The van der Waals surface area contributed by atoms with E-state index in [1.54, 1.807) is 0 Å². The molecule has 2 nitrogen and oxygen atoms in total. The predicted octanol–water partition coefficient (Wildman–Crippen LogP) is 2.85. The first kappa shape index (κ1) is 12.7. The Hall–Kier alpha value is -1.75. The van der Waals surface area contributed by atoms with Gasteiger partial charge in [0.05, 0.1) is 6.04 Å². The van der Waals surface area contributed by atoms with E-state index < -0.39 is 0 Å². The Balaban J connectivity index is 2.21. The van der Waals surface area contributed by atoms with Crippen LogP contribution in [0.15, 0.2) is 18.2 Å². The number of amides is 1. The smallest absolute Gasteiger partial charge is 0.224 e. The summed E-state index contributed by atoms with van der Waals surface area (Å²) in [5.41, 5.74) is 3.73. The molecule has 0 saturated carbocycles. The van der Waals surface area contributed by atoms with Gasteiger partial charge in [-0.15, -0.1) is 12.3 Å². The van der Waals surface area contributed by atoms with Gasteiger partial charge >= 0.3 is 0 Å². The van der Waals surface area contributed by atoms with Crippen LogP contribution in [0, 0.1) is 32.1 Å². The summed E-state index contributed by atoms with van der Waals surface area (Å²) in [6.45, 7) is 6.95. The van der Waals surface area contributed by atoms with E-state index in [1.165, 1.54) is 16.7 Å². The van der Waals surface area contributed by atoms with Gasteiger partial charge in [-0.2, -0.15) is 0 Å². The predicted molar refractivity (Wildman–Crippen MR) is 73.0 cm³/mol. The van der Waals surface area contributed by atoms with Crippen LogP contribution in [-0.4, -0.2) is 17.4 Å². The minimum absolute atomic E-state index is 0.0755. The van der Waals surface area contributed by atoms with Crippen molar-refractivity contribution >= 4 is 5.91 Å². The number of likely N-dealkylation sites (tertiary alicyclic amines) is 1. The molecule has 1 fully saturated rings. The maximum absolute atomic E-state index is 11.9. The van der Waals surface area contributed by atoms with E-state index in [-0.39, 0.29) is 17.9 Å². The highest BCUT2D eigenvalue weighted by Gasteiger charge is 2.32. The number of benzene rings is 1. The second-order valence-electron chi connectivity index (χ2n) is 5.13. The van der Waals surface area contributed by atoms with Crippen LogP contribution in [0.3, 0.4) is 0 Å². The highest BCUT2D eigenvalue weighted by atomic mass is 16.2. The van der Waals surface area contributed by atoms with Gasteiger partial charge in [0.15, 0.2) is 0 Å². The molecule has 1 aromatic carbocycles. The van der Waals surface area contributed by atoms with Crippen LogP contribution in [0.4, 0.5) is 0 Å². The molecular formula is C16H19NO. The van der Waals surface area contributed by atoms with E-state index in [1.807, 2.05) is 4.90 Å². The highest BCUT2D eigenvalue weighted by Crippen LogP contribution is 2.28. The van der Waals surface area contributed by atoms with Crippen LogP contribution < -0.4 is 0 Å². The van der Waals surface area contributed by atoms with E-state index in [2.05, 4.69) is 44.9 Å². The molecule has 2 unspecified atom stereocenters. The molecule has 0 aliphatic carbocycles. The molecule has 94 valence electrons. The highest BCUT2D eigenvalue weighted by molar-refractivity contribution is 5.79. The fraction of sp³-hybridized carbons (Fsp3) is 0.438. The van der Waals surface area contributed by atoms with Crippen molar-refractivity contribution in [2.24, 2.45) is 5.92 Å². The lowest BCUT2D eigenvalue weighted by Gasteiger charge is -2.25. The van der Waals surface area contributed by atoms with Crippen molar-refractivity contribution < 1.29 is 4.79 Å². The number of carbonyl (C=O) groups is 1. The van der Waals surface area contributed by atoms with Crippen molar-refractivity contribution in [3.63, 3.8) is 0 Å². The van der Waals surface area contributed by atoms with Crippen molar-refractivity contribution in [3.8, 4) is 12.3 Å². The normalized spacial score (nSPS) is 20.9. The van der Waals surface area contributed by atoms with Crippen LogP contribution in [0.1, 0.15) is 36.1 Å². The van der Waals surface area contributed by atoms with Crippen LogP contribution in [0.5, 0.6) is 0 Å². The Labute approximate surface area is 109 Å². The number of aryl methyl sites for hydroxylation is 2. The number of hydrogen-bond donors (Lipinski definition) is 0. The Bertz CT molecular complexity index is 512. The molecule has 1 amide bonds. The van der Waals surface area contributed by atoms with Gasteiger partial charge in [-0.05, 0) is 37.5 Å². The Morgan fingerprint density at radius 2 is 2.11 bits per heavy atom. The van der Waals surface area contributed by atoms with Crippen molar-refractivity contribution in [3.05, 3.63) is 34.9 Å². The van der Waals surface area contributed by atoms with Gasteiger partial charge < -0.3 is 4.90 Å². The lowest BCUT2D eigenvalue weighted by atomic mass is 10.0. The first-order chi connectivity index (χ1) is 8.52. The van der Waals surface area contributed by atoms with Gasteiger partial charge in [0, 0.05) is 18.9 Å². The minimum atomic E-state index is 0.0755. The van der Waals surface area contributed by atoms with Gasteiger partial charge in [-0.3, -0.25) is 4.79 Å². The standard InChI is InChI=1S/C16H19NO/c1-5-14-9-16(18)17(10-14)13(4)15-7-6-11(2)12(3)8-15/h1,6-8,13-14H,9-10H2,2-4H3. The SMILES string of the molecule is C#CC1CC(=O)N(C(C)c2ccc(C)c(C)c2)C1. The molecule has 0 aromatic heterocycles. The van der Waals surface area contributed by atoms with Crippen LogP contribution in [0.2, 0.25) is 0 Å². The van der Waals surface area contributed by atoms with E-state index in [4.69, 9.17) is 6.42 Å². The number of terminal acetylenes is 1. The maximum Gasteiger partial charge on any atom is 0.224 e. The molecule has 1 aliphatic heterocycles. The maximum atomic E-state index is 11.9. The third kappa shape index (κ3) is 2.26. The van der Waals surface area contributed by atoms with Crippen molar-refractivity contribution in [2.75, 3.05) is 6.54 Å². The molecule has 18 heavy (non-hydrogen) atoms. The molecule has 1 heterocycles. The quantitative estimate of drug-likeness (QED) is 0.729. The van der Waals surface area contributed by atoms with E-state index in [0.717, 1.165) is 0 Å². The zero-order chi connectivity index (χ0) is 13.3. The lowest BCUT2D eigenvalue weighted by molar-refractivity contribution is -0.129. The summed E-state index contributed by atoms with van der Waals surface area (Å²) in [7, 11) is 0. The monoisotopic (exact) mass is 241 g/mol. The first-order valence-electron chi connectivity index (χ1n) is 6.35. The molecule has 2 atom stereocenters. The van der Waals surface area contributed by atoms with Crippen LogP contribution in [0.25, 0.3) is 0 Å². The molecule has 2 heteroatoms. The Morgan fingerprint density at radius 1 is 1.39 bits per heavy atom. The molecular weight excluding hydrogens is 222 g/mol. The summed E-state index contributed by atoms with van der Waals surface area (Å²) < 4.78 is 0. The first-order valence-corrected chi connectivity index (χ1v) is 6.35. The van der Waals surface area contributed by atoms with Gasteiger partial charge in [-0.25, -0.2) is 0 Å². The van der Waals surface area contributed by atoms with Gasteiger partial charge in [0.2, 0.25) is 5.91 Å². The van der Waals surface area contributed by atoms with Gasteiger partial charge in [-0.1, -0.05) is 18.2 Å². The molecule has 0 spiro atoms.